The van der Waals surface area contributed by atoms with Crippen molar-refractivity contribution in [2.75, 3.05) is 0 Å². The van der Waals surface area contributed by atoms with Crippen LogP contribution in [0.2, 0.25) is 0 Å². The Morgan fingerprint density at radius 1 is 1.59 bits per heavy atom. The third-order valence-electron chi connectivity index (χ3n) is 3.47. The Bertz CT molecular complexity index is 485. The van der Waals surface area contributed by atoms with Crippen LogP contribution in [0.3, 0.4) is 0 Å². The van der Waals surface area contributed by atoms with Crippen LogP contribution in [0.15, 0.2) is 18.5 Å². The minimum absolute atomic E-state index is 0.427. The third kappa shape index (κ3) is 1.98. The van der Waals surface area contributed by atoms with Gasteiger partial charge in [0.1, 0.15) is 0 Å². The standard InChI is InChI=1S/C12H17N5/c1-17-12-4-2-3-11(10(12)8-15-17)13-7-9-5-6-14-16-9/h5-6,8,11,13H,2-4,7H2,1H3,(H,14,16). The van der Waals surface area contributed by atoms with Crippen LogP contribution in [0, 0.1) is 0 Å². The van der Waals surface area contributed by atoms with Crippen molar-refractivity contribution < 1.29 is 0 Å². The molecular formula is C12H17N5. The summed E-state index contributed by atoms with van der Waals surface area (Å²) in [6.07, 6.45) is 7.35. The maximum atomic E-state index is 4.35. The van der Waals surface area contributed by atoms with Crippen molar-refractivity contribution in [3.05, 3.63) is 35.4 Å². The fourth-order valence-corrected chi connectivity index (χ4v) is 2.53. The molecule has 2 aromatic heterocycles. The highest BCUT2D eigenvalue weighted by molar-refractivity contribution is 5.24. The van der Waals surface area contributed by atoms with Gasteiger partial charge in [0.25, 0.3) is 0 Å². The van der Waals surface area contributed by atoms with Crippen molar-refractivity contribution in [3.8, 4) is 0 Å². The van der Waals surface area contributed by atoms with Crippen molar-refractivity contribution in [2.24, 2.45) is 7.05 Å². The van der Waals surface area contributed by atoms with Gasteiger partial charge in [0, 0.05) is 42.8 Å². The molecule has 1 aliphatic rings. The van der Waals surface area contributed by atoms with Crippen LogP contribution >= 0.6 is 0 Å². The van der Waals surface area contributed by atoms with Gasteiger partial charge in [0.2, 0.25) is 0 Å². The lowest BCUT2D eigenvalue weighted by Gasteiger charge is -2.23. The molecule has 0 saturated heterocycles. The Morgan fingerprint density at radius 2 is 2.53 bits per heavy atom. The molecule has 0 aromatic carbocycles. The summed E-state index contributed by atoms with van der Waals surface area (Å²) in [7, 11) is 2.02. The Morgan fingerprint density at radius 3 is 3.35 bits per heavy atom. The molecule has 0 spiro atoms. The van der Waals surface area contributed by atoms with Gasteiger partial charge in [-0.2, -0.15) is 10.2 Å². The summed E-state index contributed by atoms with van der Waals surface area (Å²) in [5.74, 6) is 0. The highest BCUT2D eigenvalue weighted by Crippen LogP contribution is 2.29. The number of aryl methyl sites for hydroxylation is 1. The average Bonchev–Trinajstić information content (AvgIpc) is 2.97. The van der Waals surface area contributed by atoms with E-state index in [0.29, 0.717) is 6.04 Å². The number of aromatic amines is 1. The third-order valence-corrected chi connectivity index (χ3v) is 3.47. The van der Waals surface area contributed by atoms with Gasteiger partial charge in [0.15, 0.2) is 0 Å². The molecule has 2 heterocycles. The second kappa shape index (κ2) is 4.33. The Hall–Kier alpha value is -1.62. The highest BCUT2D eigenvalue weighted by atomic mass is 15.3. The summed E-state index contributed by atoms with van der Waals surface area (Å²) in [6.45, 7) is 0.832. The number of nitrogens with one attached hydrogen (secondary N) is 2. The van der Waals surface area contributed by atoms with Gasteiger partial charge in [-0.05, 0) is 25.3 Å². The van der Waals surface area contributed by atoms with E-state index >= 15 is 0 Å². The average molecular weight is 231 g/mol. The molecule has 0 bridgehead atoms. The monoisotopic (exact) mass is 231 g/mol. The largest absolute Gasteiger partial charge is 0.304 e. The Labute approximate surface area is 100 Å². The minimum atomic E-state index is 0.427. The minimum Gasteiger partial charge on any atom is -0.304 e. The molecule has 2 aromatic rings. The molecule has 2 N–H and O–H groups in total. The van der Waals surface area contributed by atoms with E-state index in [1.165, 1.54) is 24.1 Å². The summed E-state index contributed by atoms with van der Waals surface area (Å²) >= 11 is 0. The molecule has 0 saturated carbocycles. The molecule has 5 heteroatoms. The molecule has 90 valence electrons. The first kappa shape index (κ1) is 10.5. The summed E-state index contributed by atoms with van der Waals surface area (Å²) in [5, 5.41) is 14.8. The molecule has 0 amide bonds. The summed E-state index contributed by atoms with van der Waals surface area (Å²) in [5.41, 5.74) is 3.86. The van der Waals surface area contributed by atoms with Crippen LogP contribution in [0.25, 0.3) is 0 Å². The van der Waals surface area contributed by atoms with Crippen LogP contribution in [0.5, 0.6) is 0 Å². The molecule has 0 fully saturated rings. The van der Waals surface area contributed by atoms with Crippen LogP contribution < -0.4 is 5.32 Å². The maximum Gasteiger partial charge on any atom is 0.0540 e. The van der Waals surface area contributed by atoms with Crippen LogP contribution in [0.1, 0.15) is 35.8 Å². The first-order valence-corrected chi connectivity index (χ1v) is 6.07. The van der Waals surface area contributed by atoms with Crippen molar-refractivity contribution in [3.63, 3.8) is 0 Å². The number of nitrogens with zero attached hydrogens (tertiary/aromatic N) is 3. The second-order valence-corrected chi connectivity index (χ2v) is 4.58. The van der Waals surface area contributed by atoms with Gasteiger partial charge in [-0.1, -0.05) is 0 Å². The first-order valence-electron chi connectivity index (χ1n) is 6.07. The van der Waals surface area contributed by atoms with Gasteiger partial charge < -0.3 is 5.32 Å². The lowest BCUT2D eigenvalue weighted by Crippen LogP contribution is -2.25. The molecule has 17 heavy (non-hydrogen) atoms. The quantitative estimate of drug-likeness (QED) is 0.837. The predicted octanol–water partition coefficient (Wildman–Crippen LogP) is 1.31. The molecule has 0 radical (unpaired) electrons. The number of H-pyrrole nitrogens is 1. The van der Waals surface area contributed by atoms with E-state index in [1.54, 1.807) is 6.20 Å². The number of hydrogen-bond acceptors (Lipinski definition) is 3. The zero-order valence-corrected chi connectivity index (χ0v) is 9.98. The lowest BCUT2D eigenvalue weighted by molar-refractivity contribution is 0.449. The van der Waals surface area contributed by atoms with E-state index in [4.69, 9.17) is 0 Å². The van der Waals surface area contributed by atoms with Crippen molar-refractivity contribution >= 4 is 0 Å². The van der Waals surface area contributed by atoms with E-state index in [-0.39, 0.29) is 0 Å². The Balaban J connectivity index is 1.72. The van der Waals surface area contributed by atoms with Gasteiger partial charge >= 0.3 is 0 Å². The normalized spacial score (nSPS) is 19.2. The zero-order valence-electron chi connectivity index (χ0n) is 9.98. The predicted molar refractivity (Wildman–Crippen MR) is 64.3 cm³/mol. The molecule has 5 nitrogen and oxygen atoms in total. The summed E-state index contributed by atoms with van der Waals surface area (Å²) < 4.78 is 2.00. The van der Waals surface area contributed by atoms with Crippen molar-refractivity contribution in [1.29, 1.82) is 0 Å². The number of aromatic nitrogens is 4. The number of hydrogen-bond donors (Lipinski definition) is 2. The van der Waals surface area contributed by atoms with E-state index in [9.17, 15) is 0 Å². The summed E-state index contributed by atoms with van der Waals surface area (Å²) in [6, 6.07) is 2.43. The van der Waals surface area contributed by atoms with Crippen LogP contribution in [-0.4, -0.2) is 20.0 Å². The molecule has 3 rings (SSSR count). The van der Waals surface area contributed by atoms with Crippen LogP contribution in [0.4, 0.5) is 0 Å². The SMILES string of the molecule is Cn1ncc2c1CCCC2NCc1ccn[nH]1. The summed E-state index contributed by atoms with van der Waals surface area (Å²) in [4.78, 5) is 0. The number of fused-ring (bicyclic) bond motifs is 1. The van der Waals surface area contributed by atoms with E-state index in [0.717, 1.165) is 18.7 Å². The van der Waals surface area contributed by atoms with Gasteiger partial charge in [-0.25, -0.2) is 0 Å². The molecular weight excluding hydrogens is 214 g/mol. The fraction of sp³-hybridized carbons (Fsp3) is 0.500. The van der Waals surface area contributed by atoms with Crippen molar-refractivity contribution in [1.82, 2.24) is 25.3 Å². The van der Waals surface area contributed by atoms with Crippen LogP contribution in [-0.2, 0) is 20.0 Å². The van der Waals surface area contributed by atoms with Crippen molar-refractivity contribution in [2.45, 2.75) is 31.8 Å². The lowest BCUT2D eigenvalue weighted by atomic mass is 9.93. The highest BCUT2D eigenvalue weighted by Gasteiger charge is 2.22. The topological polar surface area (TPSA) is 58.5 Å². The zero-order chi connectivity index (χ0) is 11.7. The molecule has 1 unspecified atom stereocenters. The van der Waals surface area contributed by atoms with Gasteiger partial charge in [0.05, 0.1) is 6.20 Å². The van der Waals surface area contributed by atoms with E-state index in [1.807, 2.05) is 24.0 Å². The van der Waals surface area contributed by atoms with Gasteiger partial charge in [-0.15, -0.1) is 0 Å². The molecule has 1 aliphatic carbocycles. The molecule has 1 atom stereocenters. The van der Waals surface area contributed by atoms with Gasteiger partial charge in [-0.3, -0.25) is 9.78 Å². The van der Waals surface area contributed by atoms with E-state index in [2.05, 4.69) is 20.6 Å². The first-order chi connectivity index (χ1) is 8.34. The smallest absolute Gasteiger partial charge is 0.0540 e. The maximum absolute atomic E-state index is 4.35. The Kier molecular flexibility index (Phi) is 2.68. The fourth-order valence-electron chi connectivity index (χ4n) is 2.53. The second-order valence-electron chi connectivity index (χ2n) is 4.58. The van der Waals surface area contributed by atoms with E-state index < -0.39 is 0 Å². The molecule has 0 aliphatic heterocycles. The number of rotatable bonds is 3.